The van der Waals surface area contributed by atoms with E-state index in [1.165, 1.54) is 24.3 Å². The van der Waals surface area contributed by atoms with Crippen molar-refractivity contribution < 1.29 is 45.0 Å². The summed E-state index contributed by atoms with van der Waals surface area (Å²) in [5.41, 5.74) is -0.435. The molecule has 3 aromatic carbocycles. The molecule has 194 valence electrons. The summed E-state index contributed by atoms with van der Waals surface area (Å²) < 4.78 is 111. The number of hydrogen-bond acceptors (Lipinski definition) is 3. The topological polar surface area (TPSA) is 41.5 Å². The number of halogens is 8. The lowest BCUT2D eigenvalue weighted by atomic mass is 9.95. The van der Waals surface area contributed by atoms with Crippen LogP contribution in [0.2, 0.25) is 0 Å². The summed E-state index contributed by atoms with van der Waals surface area (Å²) >= 11 is 0. The van der Waals surface area contributed by atoms with Crippen LogP contribution in [0.15, 0.2) is 72.8 Å². The maximum Gasteiger partial charge on any atom is 0.458 e. The van der Waals surface area contributed by atoms with Gasteiger partial charge in [0, 0.05) is 12.1 Å². The van der Waals surface area contributed by atoms with Crippen LogP contribution in [0.5, 0.6) is 11.5 Å². The Labute approximate surface area is 201 Å². The van der Waals surface area contributed by atoms with Crippen molar-refractivity contribution in [1.29, 1.82) is 0 Å². The molecule has 3 nitrogen and oxygen atoms in total. The molecule has 11 heteroatoms. The van der Waals surface area contributed by atoms with Crippen LogP contribution in [-0.4, -0.2) is 30.1 Å². The lowest BCUT2D eigenvalue weighted by molar-refractivity contribution is -0.289. The monoisotopic (exact) mass is 519 g/mol. The highest BCUT2D eigenvalue weighted by atomic mass is 19.4. The fourth-order valence-electron chi connectivity index (χ4n) is 3.42. The summed E-state index contributed by atoms with van der Waals surface area (Å²) in [5, 5.41) is 11.8. The van der Waals surface area contributed by atoms with Crippen LogP contribution in [-0.2, 0) is 5.92 Å². The number of aryl methyl sites for hydroxylation is 1. The molecule has 36 heavy (non-hydrogen) atoms. The predicted molar refractivity (Wildman–Crippen MR) is 116 cm³/mol. The quantitative estimate of drug-likeness (QED) is 0.314. The second-order valence-corrected chi connectivity index (χ2v) is 8.09. The Hall–Kier alpha value is -3.18. The highest BCUT2D eigenvalue weighted by molar-refractivity contribution is 5.41. The Morgan fingerprint density at radius 3 is 1.92 bits per heavy atom. The molecule has 1 unspecified atom stereocenters. The summed E-state index contributed by atoms with van der Waals surface area (Å²) in [6.45, 7) is 0.788. The van der Waals surface area contributed by atoms with E-state index in [1.807, 2.05) is 13.0 Å². The van der Waals surface area contributed by atoms with E-state index in [1.54, 1.807) is 24.3 Å². The largest absolute Gasteiger partial charge is 0.458 e. The fraction of sp³-hybridized carbons (Fsp3) is 0.280. The SMILES string of the molecule is Cc1cccc(Oc2cccc(C(NC[C@@H](O)C(F)(F)F)c3cccc(C(F)(F)C(F)(F)F)c3)c2)c1. The minimum absolute atomic E-state index is 0.168. The molecule has 0 amide bonds. The van der Waals surface area contributed by atoms with Gasteiger partial charge in [-0.1, -0.05) is 42.5 Å². The molecule has 0 radical (unpaired) electrons. The van der Waals surface area contributed by atoms with Crippen molar-refractivity contribution in [3.63, 3.8) is 0 Å². The number of rotatable bonds is 8. The van der Waals surface area contributed by atoms with E-state index in [-0.39, 0.29) is 16.9 Å². The van der Waals surface area contributed by atoms with Crippen LogP contribution < -0.4 is 10.1 Å². The van der Waals surface area contributed by atoms with Gasteiger partial charge in [0.05, 0.1) is 6.04 Å². The van der Waals surface area contributed by atoms with Gasteiger partial charge < -0.3 is 15.2 Å². The summed E-state index contributed by atoms with van der Waals surface area (Å²) in [7, 11) is 0. The van der Waals surface area contributed by atoms with Gasteiger partial charge >= 0.3 is 18.3 Å². The Morgan fingerprint density at radius 2 is 1.33 bits per heavy atom. The van der Waals surface area contributed by atoms with Gasteiger partial charge in [0.2, 0.25) is 0 Å². The second-order valence-electron chi connectivity index (χ2n) is 8.09. The zero-order valence-corrected chi connectivity index (χ0v) is 18.7. The molecule has 0 saturated heterocycles. The van der Waals surface area contributed by atoms with E-state index in [0.29, 0.717) is 17.9 Å². The average molecular weight is 519 g/mol. The molecular weight excluding hydrogens is 498 g/mol. The normalized spacial score (nSPS) is 14.4. The highest BCUT2D eigenvalue weighted by Crippen LogP contribution is 2.44. The Kier molecular flexibility index (Phi) is 7.94. The predicted octanol–water partition coefficient (Wildman–Crippen LogP) is 7.04. The zero-order chi connectivity index (χ0) is 26.7. The van der Waals surface area contributed by atoms with E-state index in [9.17, 15) is 40.2 Å². The highest BCUT2D eigenvalue weighted by Gasteiger charge is 2.58. The second kappa shape index (κ2) is 10.4. The Balaban J connectivity index is 2.00. The molecule has 0 aliphatic carbocycles. The van der Waals surface area contributed by atoms with E-state index >= 15 is 0 Å². The molecule has 0 aliphatic heterocycles. The minimum atomic E-state index is -5.87. The molecule has 2 N–H and O–H groups in total. The number of ether oxygens (including phenoxy) is 1. The van der Waals surface area contributed by atoms with Crippen molar-refractivity contribution in [3.05, 3.63) is 95.1 Å². The van der Waals surface area contributed by atoms with E-state index in [4.69, 9.17) is 4.74 Å². The van der Waals surface area contributed by atoms with E-state index in [2.05, 4.69) is 5.32 Å². The van der Waals surface area contributed by atoms with Crippen molar-refractivity contribution in [2.75, 3.05) is 6.54 Å². The van der Waals surface area contributed by atoms with Crippen LogP contribution >= 0.6 is 0 Å². The zero-order valence-electron chi connectivity index (χ0n) is 18.7. The van der Waals surface area contributed by atoms with Gasteiger partial charge in [-0.3, -0.25) is 0 Å². The Morgan fingerprint density at radius 1 is 0.778 bits per heavy atom. The maximum absolute atomic E-state index is 14.0. The summed E-state index contributed by atoms with van der Waals surface area (Å²) in [6, 6.07) is 14.9. The number of benzene rings is 3. The van der Waals surface area contributed by atoms with Gasteiger partial charge in [-0.2, -0.15) is 35.1 Å². The third-order valence-electron chi connectivity index (χ3n) is 5.25. The molecular formula is C25H21F8NO2. The van der Waals surface area contributed by atoms with E-state index in [0.717, 1.165) is 11.6 Å². The number of nitrogens with one attached hydrogen (secondary N) is 1. The smallest absolute Gasteiger partial charge is 0.457 e. The third kappa shape index (κ3) is 6.52. The Bertz CT molecular complexity index is 1180. The van der Waals surface area contributed by atoms with Gasteiger partial charge in [0.1, 0.15) is 11.5 Å². The molecule has 0 saturated carbocycles. The van der Waals surface area contributed by atoms with Crippen molar-refractivity contribution in [2.45, 2.75) is 37.3 Å². The molecule has 0 aliphatic rings. The van der Waals surface area contributed by atoms with Gasteiger partial charge in [-0.05, 0) is 53.9 Å². The van der Waals surface area contributed by atoms with Crippen LogP contribution in [0.4, 0.5) is 35.1 Å². The number of alkyl halides is 8. The molecule has 3 rings (SSSR count). The van der Waals surface area contributed by atoms with Crippen LogP contribution in [0, 0.1) is 6.92 Å². The molecule has 0 fully saturated rings. The van der Waals surface area contributed by atoms with Crippen molar-refractivity contribution >= 4 is 0 Å². The van der Waals surface area contributed by atoms with Crippen molar-refractivity contribution in [2.24, 2.45) is 0 Å². The molecule has 0 bridgehead atoms. The first-order valence-electron chi connectivity index (χ1n) is 10.6. The minimum Gasteiger partial charge on any atom is -0.457 e. The average Bonchev–Trinajstić information content (AvgIpc) is 2.78. The summed E-state index contributed by atoms with van der Waals surface area (Å²) in [5.74, 6) is -4.48. The number of hydrogen-bond donors (Lipinski definition) is 2. The standard InChI is InChI=1S/C25H21F8NO2/c1-15-5-2-9-19(11-15)36-20-10-4-7-17(13-20)22(34-14-21(35)24(28,29)30)16-6-3-8-18(12-16)23(26,27)25(31,32)33/h2-13,21-22,34-35H,14H2,1H3/t21-,22?/m1/s1. The maximum atomic E-state index is 14.0. The lowest BCUT2D eigenvalue weighted by Crippen LogP contribution is -2.40. The van der Waals surface area contributed by atoms with Crippen LogP contribution in [0.25, 0.3) is 0 Å². The first kappa shape index (κ1) is 27.4. The summed E-state index contributed by atoms with van der Waals surface area (Å²) in [6.07, 6.45) is -13.6. The fourth-order valence-corrected chi connectivity index (χ4v) is 3.42. The van der Waals surface area contributed by atoms with Gasteiger partial charge in [0.25, 0.3) is 0 Å². The number of aliphatic hydroxyl groups excluding tert-OH is 1. The van der Waals surface area contributed by atoms with Crippen LogP contribution in [0.3, 0.4) is 0 Å². The molecule has 0 heterocycles. The van der Waals surface area contributed by atoms with E-state index < -0.39 is 42.5 Å². The van der Waals surface area contributed by atoms with Gasteiger partial charge in [-0.15, -0.1) is 0 Å². The molecule has 2 atom stereocenters. The molecule has 0 aromatic heterocycles. The molecule has 0 spiro atoms. The number of aliphatic hydroxyl groups is 1. The molecule has 3 aromatic rings. The first-order chi connectivity index (χ1) is 16.7. The van der Waals surface area contributed by atoms with Crippen molar-refractivity contribution in [3.8, 4) is 11.5 Å². The van der Waals surface area contributed by atoms with Gasteiger partial charge in [0.15, 0.2) is 6.10 Å². The first-order valence-corrected chi connectivity index (χ1v) is 10.6. The van der Waals surface area contributed by atoms with Gasteiger partial charge in [-0.25, -0.2) is 0 Å². The van der Waals surface area contributed by atoms with Crippen LogP contribution in [0.1, 0.15) is 28.3 Å². The third-order valence-corrected chi connectivity index (χ3v) is 5.25. The summed E-state index contributed by atoms with van der Waals surface area (Å²) in [4.78, 5) is 0. The van der Waals surface area contributed by atoms with Crippen molar-refractivity contribution in [1.82, 2.24) is 5.32 Å². The lowest BCUT2D eigenvalue weighted by Gasteiger charge is -2.25.